The maximum atomic E-state index is 12.2. The standard InChI is InChI=1S/C16H25BN2O3/c1-12(20)16(8-6-7-9-16)19-11-13(10-18-19)17-21-14(2,3)15(4,5)22-17/h10-11H,6-9H2,1-5H3. The molecule has 2 fully saturated rings. The number of carbonyl (C=O) groups excluding carboxylic acids is 1. The van der Waals surface area contributed by atoms with Crippen LogP contribution >= 0.6 is 0 Å². The van der Waals surface area contributed by atoms with Gasteiger partial charge in [-0.15, -0.1) is 0 Å². The monoisotopic (exact) mass is 304 g/mol. The van der Waals surface area contributed by atoms with Gasteiger partial charge in [0.25, 0.3) is 0 Å². The Morgan fingerprint density at radius 2 is 1.73 bits per heavy atom. The van der Waals surface area contributed by atoms with Crippen LogP contribution in [0, 0.1) is 0 Å². The van der Waals surface area contributed by atoms with Gasteiger partial charge in [0.15, 0.2) is 5.78 Å². The summed E-state index contributed by atoms with van der Waals surface area (Å²) >= 11 is 0. The highest BCUT2D eigenvalue weighted by molar-refractivity contribution is 6.62. The second-order valence-electron chi connectivity index (χ2n) is 7.60. The SMILES string of the molecule is CC(=O)C1(n2cc(B3OC(C)(C)C(C)(C)O3)cn2)CCCC1. The van der Waals surface area contributed by atoms with Gasteiger partial charge in [0.1, 0.15) is 5.54 Å². The van der Waals surface area contributed by atoms with E-state index in [1.807, 2.05) is 38.6 Å². The summed E-state index contributed by atoms with van der Waals surface area (Å²) in [5.41, 5.74) is -0.329. The Bertz CT molecular complexity index is 572. The predicted molar refractivity (Wildman–Crippen MR) is 85.1 cm³/mol. The van der Waals surface area contributed by atoms with Gasteiger partial charge in [-0.25, -0.2) is 0 Å². The van der Waals surface area contributed by atoms with Crippen molar-refractivity contribution in [2.75, 3.05) is 0 Å². The molecule has 1 aliphatic heterocycles. The van der Waals surface area contributed by atoms with E-state index in [0.717, 1.165) is 31.1 Å². The Morgan fingerprint density at radius 3 is 2.23 bits per heavy atom. The van der Waals surface area contributed by atoms with Crippen LogP contribution in [0.1, 0.15) is 60.3 Å². The lowest BCUT2D eigenvalue weighted by Gasteiger charge is -2.32. The number of ketones is 1. The lowest BCUT2D eigenvalue weighted by Crippen LogP contribution is -2.41. The summed E-state index contributed by atoms with van der Waals surface area (Å²) in [5, 5.41) is 4.47. The van der Waals surface area contributed by atoms with E-state index in [2.05, 4.69) is 5.10 Å². The van der Waals surface area contributed by atoms with Gasteiger partial charge in [0.2, 0.25) is 0 Å². The molecule has 120 valence electrons. The van der Waals surface area contributed by atoms with E-state index < -0.39 is 12.7 Å². The molecule has 6 heteroatoms. The van der Waals surface area contributed by atoms with Crippen molar-refractivity contribution in [3.05, 3.63) is 12.4 Å². The molecule has 5 nitrogen and oxygen atoms in total. The van der Waals surface area contributed by atoms with Crippen LogP contribution in [0.15, 0.2) is 12.4 Å². The molecule has 3 rings (SSSR count). The van der Waals surface area contributed by atoms with E-state index in [4.69, 9.17) is 9.31 Å². The average Bonchev–Trinajstić information content (AvgIpc) is 3.09. The van der Waals surface area contributed by atoms with E-state index in [1.165, 1.54) is 0 Å². The fourth-order valence-corrected chi connectivity index (χ4v) is 3.37. The molecule has 0 aromatic carbocycles. The Hall–Kier alpha value is -1.14. The molecule has 0 radical (unpaired) electrons. The zero-order chi connectivity index (χ0) is 16.2. The van der Waals surface area contributed by atoms with Crippen molar-refractivity contribution in [2.45, 2.75) is 77.0 Å². The number of hydrogen-bond acceptors (Lipinski definition) is 4. The highest BCUT2D eigenvalue weighted by atomic mass is 16.7. The molecule has 0 bridgehead atoms. The van der Waals surface area contributed by atoms with Crippen LogP contribution in [0.3, 0.4) is 0 Å². The number of nitrogens with zero attached hydrogens (tertiary/aromatic N) is 2. The van der Waals surface area contributed by atoms with Crippen LogP contribution in [0.5, 0.6) is 0 Å². The molecule has 0 spiro atoms. The number of rotatable bonds is 3. The molecule has 2 heterocycles. The van der Waals surface area contributed by atoms with E-state index >= 15 is 0 Å². The fraction of sp³-hybridized carbons (Fsp3) is 0.750. The van der Waals surface area contributed by atoms with Gasteiger partial charge in [-0.05, 0) is 47.5 Å². The molecule has 1 saturated carbocycles. The number of Topliss-reactive ketones (excluding diaryl/α,β-unsaturated/α-hetero) is 1. The zero-order valence-electron chi connectivity index (χ0n) is 14.2. The van der Waals surface area contributed by atoms with Crippen LogP contribution in [-0.2, 0) is 19.6 Å². The molecule has 2 aliphatic rings. The van der Waals surface area contributed by atoms with Crippen molar-refractivity contribution in [3.8, 4) is 0 Å². The molecule has 0 N–H and O–H groups in total. The van der Waals surface area contributed by atoms with Gasteiger partial charge < -0.3 is 9.31 Å². The van der Waals surface area contributed by atoms with Gasteiger partial charge in [-0.3, -0.25) is 9.48 Å². The smallest absolute Gasteiger partial charge is 0.399 e. The maximum Gasteiger partial charge on any atom is 0.498 e. The molecule has 22 heavy (non-hydrogen) atoms. The third-order valence-corrected chi connectivity index (χ3v) is 5.65. The molecule has 0 atom stereocenters. The van der Waals surface area contributed by atoms with Crippen molar-refractivity contribution in [3.63, 3.8) is 0 Å². The van der Waals surface area contributed by atoms with Gasteiger partial charge in [-0.1, -0.05) is 12.8 Å². The summed E-state index contributed by atoms with van der Waals surface area (Å²) in [6.45, 7) is 9.80. The third-order valence-electron chi connectivity index (χ3n) is 5.65. The van der Waals surface area contributed by atoms with E-state index in [1.54, 1.807) is 13.1 Å². The quantitative estimate of drug-likeness (QED) is 0.802. The van der Waals surface area contributed by atoms with Crippen molar-refractivity contribution in [2.24, 2.45) is 0 Å². The van der Waals surface area contributed by atoms with Crippen LogP contribution in [-0.4, -0.2) is 33.9 Å². The minimum absolute atomic E-state index is 0.188. The highest BCUT2D eigenvalue weighted by Crippen LogP contribution is 2.38. The van der Waals surface area contributed by atoms with Crippen molar-refractivity contribution < 1.29 is 14.1 Å². The second-order valence-corrected chi connectivity index (χ2v) is 7.60. The van der Waals surface area contributed by atoms with Crippen LogP contribution in [0.4, 0.5) is 0 Å². The number of aromatic nitrogens is 2. The minimum atomic E-state index is -0.470. The Balaban J connectivity index is 1.88. The van der Waals surface area contributed by atoms with Crippen LogP contribution in [0.2, 0.25) is 0 Å². The van der Waals surface area contributed by atoms with Gasteiger partial charge in [0.05, 0.1) is 11.2 Å². The van der Waals surface area contributed by atoms with Gasteiger partial charge in [0, 0.05) is 17.9 Å². The first-order valence-electron chi connectivity index (χ1n) is 8.10. The minimum Gasteiger partial charge on any atom is -0.399 e. The second kappa shape index (κ2) is 4.93. The Labute approximate surface area is 132 Å². The predicted octanol–water partition coefficient (Wildman–Crippen LogP) is 2.04. The van der Waals surface area contributed by atoms with E-state index in [-0.39, 0.29) is 17.0 Å². The zero-order valence-corrected chi connectivity index (χ0v) is 14.2. The first kappa shape index (κ1) is 15.7. The highest BCUT2D eigenvalue weighted by Gasteiger charge is 2.52. The molecular weight excluding hydrogens is 279 g/mol. The molecule has 1 aliphatic carbocycles. The van der Waals surface area contributed by atoms with Crippen LogP contribution in [0.25, 0.3) is 0 Å². The lowest BCUT2D eigenvalue weighted by molar-refractivity contribution is -0.125. The topological polar surface area (TPSA) is 53.4 Å². The molecule has 1 aromatic heterocycles. The first-order chi connectivity index (χ1) is 10.2. The molecule has 0 amide bonds. The normalized spacial score (nSPS) is 25.6. The molecule has 0 unspecified atom stereocenters. The van der Waals surface area contributed by atoms with E-state index in [0.29, 0.717) is 0 Å². The maximum absolute atomic E-state index is 12.2. The summed E-state index contributed by atoms with van der Waals surface area (Å²) in [6.07, 6.45) is 7.58. The summed E-state index contributed by atoms with van der Waals surface area (Å²) in [4.78, 5) is 12.2. The summed E-state index contributed by atoms with van der Waals surface area (Å²) in [5.74, 6) is 0.188. The molecular formula is C16H25BN2O3. The van der Waals surface area contributed by atoms with Crippen LogP contribution < -0.4 is 5.46 Å². The first-order valence-corrected chi connectivity index (χ1v) is 8.10. The average molecular weight is 304 g/mol. The number of carbonyl (C=O) groups is 1. The van der Waals surface area contributed by atoms with Gasteiger partial charge in [-0.2, -0.15) is 5.10 Å². The summed E-state index contributed by atoms with van der Waals surface area (Å²) in [7, 11) is -0.427. The summed E-state index contributed by atoms with van der Waals surface area (Å²) < 4.78 is 14.0. The molecule has 1 saturated heterocycles. The van der Waals surface area contributed by atoms with Crippen molar-refractivity contribution >= 4 is 18.4 Å². The van der Waals surface area contributed by atoms with Crippen molar-refractivity contribution in [1.82, 2.24) is 9.78 Å². The van der Waals surface area contributed by atoms with E-state index in [9.17, 15) is 4.79 Å². The van der Waals surface area contributed by atoms with Gasteiger partial charge >= 0.3 is 7.12 Å². The molecule has 1 aromatic rings. The Kier molecular flexibility index (Phi) is 3.53. The third kappa shape index (κ3) is 2.24. The lowest BCUT2D eigenvalue weighted by atomic mass is 9.81. The van der Waals surface area contributed by atoms with Crippen molar-refractivity contribution in [1.29, 1.82) is 0 Å². The summed E-state index contributed by atoms with van der Waals surface area (Å²) in [6, 6.07) is 0. The fourth-order valence-electron chi connectivity index (χ4n) is 3.37. The largest absolute Gasteiger partial charge is 0.498 e. The Morgan fingerprint density at radius 1 is 1.18 bits per heavy atom. The number of hydrogen-bond donors (Lipinski definition) is 0.